The van der Waals surface area contributed by atoms with E-state index in [-0.39, 0.29) is 44.6 Å². The second-order valence-corrected chi connectivity index (χ2v) is 41.0. The lowest BCUT2D eigenvalue weighted by Gasteiger charge is -2.46. The van der Waals surface area contributed by atoms with Crippen LogP contribution in [0, 0.1) is 0 Å². The summed E-state index contributed by atoms with van der Waals surface area (Å²) in [5.74, 6) is 0. The predicted octanol–water partition coefficient (Wildman–Crippen LogP) is 22.3. The zero-order chi connectivity index (χ0) is 72.0. The van der Waals surface area contributed by atoms with Crippen molar-refractivity contribution in [2.75, 3.05) is 14.7 Å². The minimum Gasteiger partial charge on any atom is -0.311 e. The Kier molecular flexibility index (Phi) is 16.6. The van der Waals surface area contributed by atoms with Gasteiger partial charge in [-0.2, -0.15) is 0 Å². The third-order valence-electron chi connectivity index (χ3n) is 23.1. The van der Waals surface area contributed by atoms with Crippen LogP contribution in [0.4, 0.5) is 51.2 Å². The smallest absolute Gasteiger partial charge is 0.264 e. The van der Waals surface area contributed by atoms with Crippen LogP contribution in [0.2, 0.25) is 0 Å². The fraction of sp³-hybridized carbons (Fsp3) is 0.292. The van der Waals surface area contributed by atoms with Gasteiger partial charge in [-0.3, -0.25) is 0 Å². The van der Waals surface area contributed by atoms with Crippen LogP contribution in [-0.2, 0) is 37.9 Å². The maximum absolute atomic E-state index is 3.42. The summed E-state index contributed by atoms with van der Waals surface area (Å²) < 4.78 is 2.65. The van der Waals surface area contributed by atoms with Crippen LogP contribution in [0.5, 0.6) is 0 Å². The Morgan fingerprint density at radius 2 is 0.814 bits per heavy atom. The Balaban J connectivity index is 1.15. The van der Waals surface area contributed by atoms with E-state index >= 15 is 0 Å². The standard InChI is InChI=1S/C96H102BN3SSi/c1-90(2,3)64-35-44-69(45-36-64)98(70-46-37-65(38-47-70)91(4,5)6)82-62-83-81(61-77(82)63-29-23-20-24-30-63)97-87-84(99(83)71-48-39-66(40-49-71)92(7,8)9)59-76(60-85(87)100(72-50-41-67(42-51-72)93(10,11)12)88-78-57-68(94(13,14)15)43-54-86(78)101-89(88)97)102(73-31-25-21-26-32-73,74-33-27-22-28-34-74)75-52-53-79-80(58-75)96(18,19)56-55-95(79,16)17/h20-54,57-62H,55-56H2,1-19H3. The van der Waals surface area contributed by atoms with Crippen molar-refractivity contribution in [3.8, 4) is 11.1 Å². The van der Waals surface area contributed by atoms with E-state index in [1.807, 2.05) is 11.3 Å². The van der Waals surface area contributed by atoms with E-state index < -0.39 is 8.07 Å². The summed E-state index contributed by atoms with van der Waals surface area (Å²) in [6.45, 7) is 44.8. The van der Waals surface area contributed by atoms with Gasteiger partial charge < -0.3 is 14.7 Å². The largest absolute Gasteiger partial charge is 0.311 e. The van der Waals surface area contributed by atoms with E-state index in [0.29, 0.717) is 0 Å². The monoisotopic (exact) mass is 1370 g/mol. The predicted molar refractivity (Wildman–Crippen MR) is 448 cm³/mol. The van der Waals surface area contributed by atoms with Crippen molar-refractivity contribution in [1.29, 1.82) is 0 Å². The molecule has 1 aliphatic carbocycles. The maximum Gasteiger partial charge on any atom is 0.264 e. The topological polar surface area (TPSA) is 9.72 Å². The second-order valence-electron chi connectivity index (χ2n) is 36.1. The molecule has 2 aliphatic heterocycles. The zero-order valence-electron chi connectivity index (χ0n) is 63.9. The number of benzene rings is 11. The van der Waals surface area contributed by atoms with Gasteiger partial charge in [-0.05, 0) is 206 Å². The Hall–Kier alpha value is -8.94. The SMILES string of the molecule is CC(C)(C)c1ccc(N(c2ccc(C(C)(C)C)cc2)c2cc3c(cc2-c2ccccc2)B2c4sc5ccc(C(C)(C)C)cc5c4N(c4ccc(C(C)(C)C)cc4)c4cc([Si](c5ccccc5)(c5ccccc5)c5ccc6c(c5)C(C)(C)CCC6(C)C)cc(c42)N3c2ccc(C(C)(C)C)cc2)cc1. The van der Waals surface area contributed by atoms with Crippen molar-refractivity contribution >= 4 is 124 Å². The fourth-order valence-electron chi connectivity index (χ4n) is 16.8. The molecule has 0 saturated heterocycles. The first-order chi connectivity index (χ1) is 48.2. The molecule has 0 saturated carbocycles. The first kappa shape index (κ1) is 68.8. The molecule has 3 aliphatic rings. The molecular formula is C96H102BN3SSi. The molecule has 0 radical (unpaired) electrons. The number of thiophene rings is 1. The summed E-state index contributed by atoms with van der Waals surface area (Å²) >= 11 is 1.99. The lowest BCUT2D eigenvalue weighted by molar-refractivity contribution is 0.332. The van der Waals surface area contributed by atoms with E-state index in [2.05, 4.69) is 395 Å². The molecule has 0 fully saturated rings. The number of rotatable bonds is 10. The van der Waals surface area contributed by atoms with Gasteiger partial charge in [0.05, 0.1) is 11.4 Å². The first-order valence-corrected chi connectivity index (χ1v) is 40.1. The number of hydrogen-bond donors (Lipinski definition) is 0. The minimum absolute atomic E-state index is 0.0328. The van der Waals surface area contributed by atoms with Gasteiger partial charge in [-0.1, -0.05) is 301 Å². The van der Waals surface area contributed by atoms with Crippen molar-refractivity contribution in [2.24, 2.45) is 0 Å². The maximum atomic E-state index is 2.74. The van der Waals surface area contributed by atoms with Gasteiger partial charge in [0, 0.05) is 60.2 Å². The molecule has 0 spiro atoms. The van der Waals surface area contributed by atoms with Gasteiger partial charge in [0.1, 0.15) is 0 Å². The highest BCUT2D eigenvalue weighted by atomic mass is 32.1. The summed E-state index contributed by atoms with van der Waals surface area (Å²) in [6, 6.07) is 98.9. The molecule has 3 heterocycles. The summed E-state index contributed by atoms with van der Waals surface area (Å²) in [7, 11) is -3.42. The van der Waals surface area contributed by atoms with Crippen molar-refractivity contribution in [2.45, 2.75) is 182 Å². The van der Waals surface area contributed by atoms with Crippen LogP contribution >= 0.6 is 11.3 Å². The fourth-order valence-corrected chi connectivity index (χ4v) is 22.9. The molecule has 102 heavy (non-hydrogen) atoms. The van der Waals surface area contributed by atoms with Crippen LogP contribution < -0.4 is 51.1 Å². The number of hydrogen-bond acceptors (Lipinski definition) is 4. The molecular weight excluding hydrogens is 1270 g/mol. The Morgan fingerprint density at radius 1 is 0.382 bits per heavy atom. The van der Waals surface area contributed by atoms with Gasteiger partial charge in [-0.15, -0.1) is 11.3 Å². The highest BCUT2D eigenvalue weighted by molar-refractivity contribution is 7.34. The molecule has 11 aromatic carbocycles. The van der Waals surface area contributed by atoms with E-state index in [0.717, 1.165) is 41.3 Å². The van der Waals surface area contributed by atoms with Crippen LogP contribution in [0.15, 0.2) is 249 Å². The summed E-state index contributed by atoms with van der Waals surface area (Å²) in [4.78, 5) is 8.01. The van der Waals surface area contributed by atoms with Crippen LogP contribution in [0.1, 0.15) is 183 Å². The van der Waals surface area contributed by atoms with E-state index in [1.54, 1.807) is 0 Å². The van der Waals surface area contributed by atoms with Crippen LogP contribution in [-0.4, -0.2) is 14.8 Å². The first-order valence-electron chi connectivity index (χ1n) is 37.3. The Morgan fingerprint density at radius 3 is 1.29 bits per heavy atom. The van der Waals surface area contributed by atoms with Gasteiger partial charge in [-0.25, -0.2) is 0 Å². The Labute approximate surface area is 615 Å². The molecule has 514 valence electrons. The van der Waals surface area contributed by atoms with Gasteiger partial charge in [0.15, 0.2) is 8.07 Å². The molecule has 0 N–H and O–H groups in total. The molecule has 0 atom stereocenters. The highest BCUT2D eigenvalue weighted by Crippen LogP contribution is 2.53. The average Bonchev–Trinajstić information content (AvgIpc) is 1.17. The second kappa shape index (κ2) is 24.6. The quantitative estimate of drug-likeness (QED) is 0.0998. The molecule has 1 aromatic heterocycles. The third kappa shape index (κ3) is 11.8. The lowest BCUT2D eigenvalue weighted by Crippen LogP contribution is -2.75. The van der Waals surface area contributed by atoms with Gasteiger partial charge in [0.2, 0.25) is 0 Å². The number of fused-ring (bicyclic) bond motifs is 7. The van der Waals surface area contributed by atoms with Crippen molar-refractivity contribution in [1.82, 2.24) is 0 Å². The number of anilines is 9. The van der Waals surface area contributed by atoms with E-state index in [1.165, 1.54) is 119 Å². The molecule has 6 heteroatoms. The molecule has 0 unspecified atom stereocenters. The summed E-state index contributed by atoms with van der Waals surface area (Å²) in [6.07, 6.45) is 2.28. The summed E-state index contributed by atoms with van der Waals surface area (Å²) in [5.41, 5.74) is 24.6. The van der Waals surface area contributed by atoms with Gasteiger partial charge >= 0.3 is 0 Å². The third-order valence-corrected chi connectivity index (χ3v) is 29.0. The molecule has 12 aromatic rings. The van der Waals surface area contributed by atoms with Crippen molar-refractivity contribution < 1.29 is 0 Å². The van der Waals surface area contributed by atoms with E-state index in [9.17, 15) is 0 Å². The molecule has 0 bridgehead atoms. The Bertz CT molecular complexity index is 5050. The zero-order valence-corrected chi connectivity index (χ0v) is 65.7. The summed E-state index contributed by atoms with van der Waals surface area (Å²) in [5, 5.41) is 6.76. The molecule has 3 nitrogen and oxygen atoms in total. The van der Waals surface area contributed by atoms with Crippen LogP contribution in [0.3, 0.4) is 0 Å². The van der Waals surface area contributed by atoms with Crippen molar-refractivity contribution in [3.05, 3.63) is 288 Å². The molecule has 15 rings (SSSR count). The minimum atomic E-state index is -3.42. The number of nitrogens with zero attached hydrogens (tertiary/aromatic N) is 3. The molecule has 0 amide bonds. The van der Waals surface area contributed by atoms with Gasteiger partial charge in [0.25, 0.3) is 6.71 Å². The average molecular weight is 1370 g/mol. The van der Waals surface area contributed by atoms with Crippen LogP contribution in [0.25, 0.3) is 21.2 Å². The normalized spacial score (nSPS) is 15.0. The highest BCUT2D eigenvalue weighted by Gasteiger charge is 2.51. The van der Waals surface area contributed by atoms with Crippen molar-refractivity contribution in [3.63, 3.8) is 0 Å². The lowest BCUT2D eigenvalue weighted by atomic mass is 9.36. The van der Waals surface area contributed by atoms with E-state index in [4.69, 9.17) is 0 Å².